The van der Waals surface area contributed by atoms with Gasteiger partial charge >= 0.3 is 0 Å². The van der Waals surface area contributed by atoms with E-state index in [9.17, 15) is 4.79 Å². The Morgan fingerprint density at radius 2 is 2.21 bits per heavy atom. The average molecular weight is 373 g/mol. The molecule has 0 aliphatic carbocycles. The Morgan fingerprint density at radius 3 is 2.88 bits per heavy atom. The first-order valence-corrected chi connectivity index (χ1v) is 7.28. The molecule has 8 heteroatoms. The fourth-order valence-electron chi connectivity index (χ4n) is 2.78. The van der Waals surface area contributed by atoms with E-state index in [2.05, 4.69) is 10.4 Å². The lowest BCUT2D eigenvalue weighted by molar-refractivity contribution is -0.123. The molecule has 1 aromatic carbocycles. The summed E-state index contributed by atoms with van der Waals surface area (Å²) in [4.78, 5) is 12.2. The quantitative estimate of drug-likeness (QED) is 0.811. The van der Waals surface area contributed by atoms with Gasteiger partial charge < -0.3 is 15.8 Å². The fourth-order valence-corrected chi connectivity index (χ4v) is 2.78. The predicted molar refractivity (Wildman–Crippen MR) is 97.8 cm³/mol. The molecule has 2 aromatic rings. The molecule has 24 heavy (non-hydrogen) atoms. The maximum absolute atomic E-state index is 12.2. The number of nitrogens with zero attached hydrogens (tertiary/aromatic N) is 2. The number of fused-ring (bicyclic) bond motifs is 1. The molecule has 0 saturated heterocycles. The van der Waals surface area contributed by atoms with Gasteiger partial charge in [0.2, 0.25) is 5.91 Å². The molecule has 1 aliphatic rings. The van der Waals surface area contributed by atoms with Gasteiger partial charge in [0, 0.05) is 30.1 Å². The number of benzene rings is 1. The van der Waals surface area contributed by atoms with Gasteiger partial charge in [-0.1, -0.05) is 0 Å². The molecular weight excluding hydrogens is 351 g/mol. The van der Waals surface area contributed by atoms with E-state index in [1.807, 2.05) is 32.0 Å². The van der Waals surface area contributed by atoms with Crippen LogP contribution in [0.1, 0.15) is 31.9 Å². The molecule has 0 fully saturated rings. The van der Waals surface area contributed by atoms with E-state index in [-0.39, 0.29) is 48.9 Å². The van der Waals surface area contributed by atoms with Crippen LogP contribution in [0.2, 0.25) is 0 Å². The van der Waals surface area contributed by atoms with Crippen molar-refractivity contribution in [3.8, 4) is 5.75 Å². The number of carbonyl (C=O) groups is 1. The zero-order valence-electron chi connectivity index (χ0n) is 13.6. The first-order chi connectivity index (χ1) is 10.4. The Kier molecular flexibility index (Phi) is 6.51. The lowest BCUT2D eigenvalue weighted by Gasteiger charge is -2.38. The summed E-state index contributed by atoms with van der Waals surface area (Å²) >= 11 is 0. The van der Waals surface area contributed by atoms with Crippen molar-refractivity contribution in [1.82, 2.24) is 15.1 Å². The molecule has 1 atom stereocenters. The van der Waals surface area contributed by atoms with Gasteiger partial charge in [-0.3, -0.25) is 9.48 Å². The second-order valence-corrected chi connectivity index (χ2v) is 6.19. The van der Waals surface area contributed by atoms with Crippen LogP contribution < -0.4 is 15.8 Å². The minimum Gasteiger partial charge on any atom is -0.487 e. The van der Waals surface area contributed by atoms with E-state index >= 15 is 0 Å². The molecule has 0 radical (unpaired) electrons. The van der Waals surface area contributed by atoms with E-state index in [1.165, 1.54) is 0 Å². The number of carbonyl (C=O) groups excluding carboxylic acids is 1. The van der Waals surface area contributed by atoms with Crippen molar-refractivity contribution < 1.29 is 9.53 Å². The van der Waals surface area contributed by atoms with Crippen LogP contribution in [-0.2, 0) is 11.3 Å². The summed E-state index contributed by atoms with van der Waals surface area (Å²) in [5.41, 5.74) is 7.11. The minimum absolute atomic E-state index is 0. The summed E-state index contributed by atoms with van der Waals surface area (Å²) in [6.07, 6.45) is 4.11. The van der Waals surface area contributed by atoms with E-state index in [1.54, 1.807) is 23.1 Å². The number of hydrogen-bond acceptors (Lipinski definition) is 4. The fraction of sp³-hybridized carbons (Fsp3) is 0.375. The summed E-state index contributed by atoms with van der Waals surface area (Å²) < 4.78 is 7.56. The van der Waals surface area contributed by atoms with Crippen molar-refractivity contribution in [3.05, 3.63) is 42.2 Å². The number of halogens is 2. The number of aromatic nitrogens is 2. The first-order valence-electron chi connectivity index (χ1n) is 7.28. The minimum atomic E-state index is -0.341. The normalized spacial score (nSPS) is 17.5. The average Bonchev–Trinajstić information content (AvgIpc) is 2.91. The number of nitrogens with two attached hydrogens (primary N) is 1. The number of anilines is 1. The van der Waals surface area contributed by atoms with Crippen LogP contribution in [0.4, 0.5) is 5.69 Å². The number of nitrogens with one attached hydrogen (secondary N) is 1. The van der Waals surface area contributed by atoms with Crippen LogP contribution in [0.25, 0.3) is 0 Å². The van der Waals surface area contributed by atoms with Crippen LogP contribution >= 0.6 is 24.8 Å². The molecule has 0 saturated carbocycles. The summed E-state index contributed by atoms with van der Waals surface area (Å²) in [6, 6.07) is 7.20. The topological polar surface area (TPSA) is 82.2 Å². The zero-order chi connectivity index (χ0) is 15.7. The van der Waals surface area contributed by atoms with Gasteiger partial charge in [-0.15, -0.1) is 24.8 Å². The van der Waals surface area contributed by atoms with Crippen LogP contribution in [-0.4, -0.2) is 21.3 Å². The second-order valence-electron chi connectivity index (χ2n) is 6.19. The molecular formula is C16H22Cl2N4O2. The molecule has 0 spiro atoms. The molecule has 132 valence electrons. The van der Waals surface area contributed by atoms with Crippen LogP contribution in [0.3, 0.4) is 0 Å². The third-order valence-corrected chi connectivity index (χ3v) is 3.69. The molecule has 1 unspecified atom stereocenters. The second kappa shape index (κ2) is 7.77. The van der Waals surface area contributed by atoms with Crippen molar-refractivity contribution in [2.45, 2.75) is 38.5 Å². The van der Waals surface area contributed by atoms with Gasteiger partial charge in [-0.05, 0) is 38.1 Å². The highest BCUT2D eigenvalue weighted by Crippen LogP contribution is 2.40. The number of ether oxygens (including phenoxy) is 1. The SMILES string of the molecule is CC1(C)CC(NC(=O)Cn2cccn2)c2cc(N)ccc2O1.Cl.Cl. The van der Waals surface area contributed by atoms with E-state index in [0.29, 0.717) is 12.1 Å². The molecule has 2 heterocycles. The monoisotopic (exact) mass is 372 g/mol. The van der Waals surface area contributed by atoms with Crippen molar-refractivity contribution in [2.24, 2.45) is 0 Å². The van der Waals surface area contributed by atoms with Crippen molar-refractivity contribution in [3.63, 3.8) is 0 Å². The maximum Gasteiger partial charge on any atom is 0.242 e. The highest BCUT2D eigenvalue weighted by molar-refractivity contribution is 5.85. The van der Waals surface area contributed by atoms with Crippen LogP contribution in [0.15, 0.2) is 36.7 Å². The summed E-state index contributed by atoms with van der Waals surface area (Å²) in [6.45, 7) is 4.22. The van der Waals surface area contributed by atoms with Gasteiger partial charge in [0.15, 0.2) is 0 Å². The largest absolute Gasteiger partial charge is 0.487 e. The molecule has 1 aliphatic heterocycles. The third kappa shape index (κ3) is 4.55. The lowest BCUT2D eigenvalue weighted by Crippen LogP contribution is -2.42. The van der Waals surface area contributed by atoms with Crippen LogP contribution in [0.5, 0.6) is 5.75 Å². The lowest BCUT2D eigenvalue weighted by atomic mass is 9.89. The zero-order valence-corrected chi connectivity index (χ0v) is 15.2. The van der Waals surface area contributed by atoms with Crippen LogP contribution in [0, 0.1) is 0 Å². The number of rotatable bonds is 3. The van der Waals surface area contributed by atoms with E-state index < -0.39 is 0 Å². The van der Waals surface area contributed by atoms with Gasteiger partial charge in [-0.25, -0.2) is 0 Å². The Hall–Kier alpha value is -1.92. The predicted octanol–water partition coefficient (Wildman–Crippen LogP) is 2.73. The van der Waals surface area contributed by atoms with Crippen molar-refractivity contribution in [1.29, 1.82) is 0 Å². The molecule has 1 aromatic heterocycles. The number of hydrogen-bond donors (Lipinski definition) is 2. The molecule has 0 bridgehead atoms. The van der Waals surface area contributed by atoms with Crippen molar-refractivity contribution >= 4 is 36.4 Å². The summed E-state index contributed by atoms with van der Waals surface area (Å²) in [5.74, 6) is 0.689. The molecule has 3 rings (SSSR count). The summed E-state index contributed by atoms with van der Waals surface area (Å²) in [5, 5.41) is 7.11. The Bertz CT molecular complexity index is 689. The standard InChI is InChI=1S/C16H20N4O2.2ClH/c1-16(2)9-13(12-8-11(17)4-5-14(12)22-16)19-15(21)10-20-7-3-6-18-20;;/h3-8,13H,9-10,17H2,1-2H3,(H,19,21);2*1H. The van der Waals surface area contributed by atoms with Gasteiger partial charge in [0.1, 0.15) is 17.9 Å². The van der Waals surface area contributed by atoms with Crippen molar-refractivity contribution in [2.75, 3.05) is 5.73 Å². The third-order valence-electron chi connectivity index (χ3n) is 3.69. The molecule has 6 nitrogen and oxygen atoms in total. The highest BCUT2D eigenvalue weighted by Gasteiger charge is 2.34. The summed E-state index contributed by atoms with van der Waals surface area (Å²) in [7, 11) is 0. The first kappa shape index (κ1) is 20.1. The Labute approximate surface area is 153 Å². The molecule has 1 amide bonds. The molecule has 3 N–H and O–H groups in total. The Morgan fingerprint density at radius 1 is 1.46 bits per heavy atom. The highest BCUT2D eigenvalue weighted by atomic mass is 35.5. The van der Waals surface area contributed by atoms with Gasteiger partial charge in [-0.2, -0.15) is 5.10 Å². The number of nitrogen functional groups attached to an aromatic ring is 1. The Balaban J connectivity index is 0.00000144. The van der Waals surface area contributed by atoms with E-state index in [4.69, 9.17) is 10.5 Å². The number of amides is 1. The van der Waals surface area contributed by atoms with Gasteiger partial charge in [0.25, 0.3) is 0 Å². The maximum atomic E-state index is 12.2. The smallest absolute Gasteiger partial charge is 0.242 e. The van der Waals surface area contributed by atoms with E-state index in [0.717, 1.165) is 11.3 Å². The van der Waals surface area contributed by atoms with Gasteiger partial charge in [0.05, 0.1) is 6.04 Å².